The first-order valence-electron chi connectivity index (χ1n) is 9.98. The van der Waals surface area contributed by atoms with Crippen molar-refractivity contribution in [2.45, 2.75) is 43.1 Å². The van der Waals surface area contributed by atoms with Crippen LogP contribution in [0.4, 0.5) is 5.69 Å². The molecule has 4 heterocycles. The van der Waals surface area contributed by atoms with E-state index in [-0.39, 0.29) is 6.10 Å². The number of nitrogens with one attached hydrogen (secondary N) is 1. The van der Waals surface area contributed by atoms with Crippen molar-refractivity contribution in [3.63, 3.8) is 0 Å². The molecular weight excluding hydrogens is 372 g/mol. The van der Waals surface area contributed by atoms with E-state index in [1.807, 2.05) is 6.20 Å². The number of nitrogens with zero attached hydrogens (tertiary/aromatic N) is 3. The second-order valence-corrected chi connectivity index (χ2v) is 8.31. The SMILES string of the molecule is COc1nc2c(cc1NSc1ccc(C3CCCCO3)nc1)CCN(C)CC2. The van der Waals surface area contributed by atoms with Gasteiger partial charge in [-0.1, -0.05) is 0 Å². The third-order valence-corrected chi connectivity index (χ3v) is 6.19. The first-order chi connectivity index (χ1) is 13.7. The molecule has 0 amide bonds. The summed E-state index contributed by atoms with van der Waals surface area (Å²) in [5, 5.41) is 0. The van der Waals surface area contributed by atoms with Gasteiger partial charge in [-0.25, -0.2) is 4.98 Å². The molecule has 2 aliphatic heterocycles. The lowest BCUT2D eigenvalue weighted by molar-refractivity contribution is 0.0123. The van der Waals surface area contributed by atoms with E-state index in [1.54, 1.807) is 7.11 Å². The van der Waals surface area contributed by atoms with Gasteiger partial charge >= 0.3 is 0 Å². The highest BCUT2D eigenvalue weighted by atomic mass is 32.2. The molecule has 150 valence electrons. The zero-order chi connectivity index (χ0) is 19.3. The first kappa shape index (κ1) is 19.5. The van der Waals surface area contributed by atoms with Gasteiger partial charge in [0.1, 0.15) is 5.69 Å². The van der Waals surface area contributed by atoms with E-state index in [2.05, 4.69) is 39.9 Å². The maximum Gasteiger partial charge on any atom is 0.238 e. The zero-order valence-electron chi connectivity index (χ0n) is 16.6. The second kappa shape index (κ2) is 9.11. The Balaban J connectivity index is 1.44. The standard InChI is InChI=1S/C21H28N4O2S/c1-25-10-8-15-13-19(21(26-2)23-17(15)9-11-25)24-28-16-6-7-18(22-14-16)20-5-3-4-12-27-20/h6-7,13-14,20,24H,3-5,8-12H2,1-2H3. The van der Waals surface area contributed by atoms with Crippen LogP contribution in [0.2, 0.25) is 0 Å². The fourth-order valence-corrected chi connectivity index (χ4v) is 4.30. The van der Waals surface area contributed by atoms with Crippen molar-refractivity contribution >= 4 is 17.6 Å². The molecule has 0 aliphatic carbocycles. The van der Waals surface area contributed by atoms with E-state index in [9.17, 15) is 0 Å². The van der Waals surface area contributed by atoms with Gasteiger partial charge in [-0.05, 0) is 68.4 Å². The lowest BCUT2D eigenvalue weighted by Crippen LogP contribution is -2.20. The number of methoxy groups -OCH3 is 1. The first-order valence-corrected chi connectivity index (χ1v) is 10.8. The highest BCUT2D eigenvalue weighted by Crippen LogP contribution is 2.32. The Kier molecular flexibility index (Phi) is 6.34. The van der Waals surface area contributed by atoms with Gasteiger partial charge in [-0.3, -0.25) is 4.98 Å². The molecule has 1 unspecified atom stereocenters. The highest BCUT2D eigenvalue weighted by molar-refractivity contribution is 8.00. The predicted octanol–water partition coefficient (Wildman–Crippen LogP) is 3.88. The van der Waals surface area contributed by atoms with E-state index in [0.717, 1.165) is 67.4 Å². The minimum atomic E-state index is 0.146. The van der Waals surface area contributed by atoms with Gasteiger partial charge in [-0.15, -0.1) is 0 Å². The molecule has 4 rings (SSSR count). The molecule has 1 saturated heterocycles. The van der Waals surface area contributed by atoms with Gasteiger partial charge in [0.15, 0.2) is 0 Å². The van der Waals surface area contributed by atoms with Crippen LogP contribution in [0.5, 0.6) is 5.88 Å². The summed E-state index contributed by atoms with van der Waals surface area (Å²) < 4.78 is 14.8. The van der Waals surface area contributed by atoms with Gasteiger partial charge in [0.2, 0.25) is 5.88 Å². The molecule has 2 aliphatic rings. The van der Waals surface area contributed by atoms with Crippen LogP contribution in [0.1, 0.15) is 42.3 Å². The van der Waals surface area contributed by atoms with E-state index in [4.69, 9.17) is 14.5 Å². The van der Waals surface area contributed by atoms with E-state index < -0.39 is 0 Å². The number of hydrogen-bond acceptors (Lipinski definition) is 7. The molecule has 0 radical (unpaired) electrons. The molecule has 2 aromatic rings. The number of aromatic nitrogens is 2. The maximum atomic E-state index is 5.82. The summed E-state index contributed by atoms with van der Waals surface area (Å²) in [6.07, 6.45) is 7.46. The quantitative estimate of drug-likeness (QED) is 0.765. The predicted molar refractivity (Wildman–Crippen MR) is 112 cm³/mol. The van der Waals surface area contributed by atoms with E-state index in [0.29, 0.717) is 5.88 Å². The normalized spacial score (nSPS) is 20.3. The van der Waals surface area contributed by atoms with Crippen LogP contribution in [0.15, 0.2) is 29.3 Å². The topological polar surface area (TPSA) is 59.5 Å². The smallest absolute Gasteiger partial charge is 0.238 e. The molecular formula is C21H28N4O2S. The summed E-state index contributed by atoms with van der Waals surface area (Å²) in [6.45, 7) is 2.93. The monoisotopic (exact) mass is 400 g/mol. The molecule has 1 fully saturated rings. The molecule has 0 bridgehead atoms. The molecule has 0 aromatic carbocycles. The molecule has 1 N–H and O–H groups in total. The van der Waals surface area contributed by atoms with Crippen molar-refractivity contribution in [3.05, 3.63) is 41.3 Å². The summed E-state index contributed by atoms with van der Waals surface area (Å²) in [5.74, 6) is 0.649. The Hall–Kier alpha value is -1.83. The van der Waals surface area contributed by atoms with Gasteiger partial charge in [0.05, 0.1) is 18.9 Å². The molecule has 6 nitrogen and oxygen atoms in total. The van der Waals surface area contributed by atoms with Crippen LogP contribution in [0.25, 0.3) is 0 Å². The fourth-order valence-electron chi connectivity index (χ4n) is 3.69. The highest BCUT2D eigenvalue weighted by Gasteiger charge is 2.18. The zero-order valence-corrected chi connectivity index (χ0v) is 17.4. The summed E-state index contributed by atoms with van der Waals surface area (Å²) in [4.78, 5) is 12.8. The summed E-state index contributed by atoms with van der Waals surface area (Å²) >= 11 is 1.53. The van der Waals surface area contributed by atoms with Crippen LogP contribution in [0, 0.1) is 0 Å². The molecule has 0 spiro atoms. The largest absolute Gasteiger partial charge is 0.479 e. The maximum absolute atomic E-state index is 5.82. The Labute approximate surface area is 171 Å². The number of anilines is 1. The van der Waals surface area contributed by atoms with Gasteiger partial charge in [-0.2, -0.15) is 0 Å². The van der Waals surface area contributed by atoms with Crippen molar-refractivity contribution in [1.29, 1.82) is 0 Å². The van der Waals surface area contributed by atoms with Gasteiger partial charge in [0, 0.05) is 42.9 Å². The Morgan fingerprint density at radius 1 is 1.25 bits per heavy atom. The van der Waals surface area contributed by atoms with Gasteiger partial charge < -0.3 is 19.1 Å². The van der Waals surface area contributed by atoms with E-state index >= 15 is 0 Å². The fraction of sp³-hybridized carbons (Fsp3) is 0.524. The summed E-state index contributed by atoms with van der Waals surface area (Å²) in [6, 6.07) is 6.35. The van der Waals surface area contributed by atoms with Crippen LogP contribution in [0.3, 0.4) is 0 Å². The molecule has 7 heteroatoms. The van der Waals surface area contributed by atoms with Crippen LogP contribution in [-0.2, 0) is 17.6 Å². The number of pyridine rings is 2. The molecule has 0 saturated carbocycles. The minimum absolute atomic E-state index is 0.146. The third kappa shape index (κ3) is 4.59. The number of hydrogen-bond donors (Lipinski definition) is 1. The lowest BCUT2D eigenvalue weighted by atomic mass is 10.1. The van der Waals surface area contributed by atoms with Crippen molar-refractivity contribution in [1.82, 2.24) is 14.9 Å². The summed E-state index contributed by atoms with van der Waals surface area (Å²) in [5.41, 5.74) is 4.39. The Bertz CT molecular complexity index is 794. The molecule has 28 heavy (non-hydrogen) atoms. The van der Waals surface area contributed by atoms with Crippen LogP contribution < -0.4 is 9.46 Å². The molecule has 1 atom stereocenters. The average Bonchev–Trinajstić information content (AvgIpc) is 2.93. The van der Waals surface area contributed by atoms with Crippen molar-refractivity contribution in [2.24, 2.45) is 0 Å². The average molecular weight is 401 g/mol. The number of ether oxygens (including phenoxy) is 2. The van der Waals surface area contributed by atoms with Crippen LogP contribution >= 0.6 is 11.9 Å². The Morgan fingerprint density at radius 3 is 2.89 bits per heavy atom. The van der Waals surface area contributed by atoms with Crippen molar-refractivity contribution in [2.75, 3.05) is 38.6 Å². The summed E-state index contributed by atoms with van der Waals surface area (Å²) in [7, 11) is 3.83. The Morgan fingerprint density at radius 2 is 2.14 bits per heavy atom. The number of fused-ring (bicyclic) bond motifs is 1. The van der Waals surface area contributed by atoms with E-state index in [1.165, 1.54) is 23.9 Å². The van der Waals surface area contributed by atoms with Gasteiger partial charge in [0.25, 0.3) is 0 Å². The minimum Gasteiger partial charge on any atom is -0.479 e. The lowest BCUT2D eigenvalue weighted by Gasteiger charge is -2.22. The van der Waals surface area contributed by atoms with Crippen LogP contribution in [-0.4, -0.2) is 48.7 Å². The van der Waals surface area contributed by atoms with Crippen molar-refractivity contribution < 1.29 is 9.47 Å². The molecule has 2 aromatic heterocycles. The number of rotatable bonds is 5. The third-order valence-electron chi connectivity index (χ3n) is 5.39. The number of likely N-dealkylation sites (N-methyl/N-ethyl adjacent to an activating group) is 1. The second-order valence-electron chi connectivity index (χ2n) is 7.43. The van der Waals surface area contributed by atoms with Crippen molar-refractivity contribution in [3.8, 4) is 5.88 Å².